The van der Waals surface area contributed by atoms with Crippen LogP contribution in [0.15, 0.2) is 24.3 Å². The smallest absolute Gasteiger partial charge is 0.115 e. The molecule has 0 aromatic heterocycles. The molecule has 1 fully saturated rings. The third-order valence-corrected chi connectivity index (χ3v) is 3.51. The molecule has 2 atom stereocenters. The van der Waals surface area contributed by atoms with Crippen molar-refractivity contribution in [3.63, 3.8) is 0 Å². The highest BCUT2D eigenvalue weighted by Gasteiger charge is 2.20. The molecular formula is C14H22N2O. The minimum Gasteiger partial charge on any atom is -0.508 e. The lowest BCUT2D eigenvalue weighted by Crippen LogP contribution is -2.37. The summed E-state index contributed by atoms with van der Waals surface area (Å²) in [7, 11) is 0. The molecule has 1 aliphatic rings. The fourth-order valence-electron chi connectivity index (χ4n) is 2.37. The Hall–Kier alpha value is -1.06. The second kappa shape index (κ2) is 5.52. The predicted molar refractivity (Wildman–Crippen MR) is 70.1 cm³/mol. The van der Waals surface area contributed by atoms with Crippen molar-refractivity contribution in [3.05, 3.63) is 29.8 Å². The van der Waals surface area contributed by atoms with Crippen LogP contribution in [0.2, 0.25) is 0 Å². The third-order valence-electron chi connectivity index (χ3n) is 3.51. The van der Waals surface area contributed by atoms with E-state index in [1.165, 1.54) is 12.0 Å². The van der Waals surface area contributed by atoms with Crippen molar-refractivity contribution in [3.8, 4) is 5.75 Å². The van der Waals surface area contributed by atoms with Crippen LogP contribution in [0, 0.1) is 0 Å². The minimum atomic E-state index is 0.340. The van der Waals surface area contributed by atoms with E-state index in [9.17, 15) is 5.11 Å². The summed E-state index contributed by atoms with van der Waals surface area (Å²) in [6, 6.07) is 8.70. The number of phenolic OH excluding ortho intramolecular Hbond substituents is 1. The lowest BCUT2D eigenvalue weighted by molar-refractivity contribution is 0.199. The molecule has 1 heterocycles. The van der Waals surface area contributed by atoms with E-state index >= 15 is 0 Å². The Bertz CT molecular complexity index is 350. The van der Waals surface area contributed by atoms with Crippen LogP contribution in [0.1, 0.15) is 25.8 Å². The molecule has 2 N–H and O–H groups in total. The van der Waals surface area contributed by atoms with E-state index in [2.05, 4.69) is 24.1 Å². The van der Waals surface area contributed by atoms with Crippen LogP contribution in [-0.4, -0.2) is 35.2 Å². The lowest BCUT2D eigenvalue weighted by Gasteiger charge is -2.28. The molecule has 0 radical (unpaired) electrons. The van der Waals surface area contributed by atoms with Gasteiger partial charge in [-0.15, -0.1) is 0 Å². The van der Waals surface area contributed by atoms with Crippen molar-refractivity contribution in [2.75, 3.05) is 13.1 Å². The molecule has 1 aromatic carbocycles. The van der Waals surface area contributed by atoms with E-state index in [1.807, 2.05) is 12.1 Å². The zero-order chi connectivity index (χ0) is 12.3. The first-order valence-corrected chi connectivity index (χ1v) is 6.40. The molecule has 94 valence electrons. The van der Waals surface area contributed by atoms with Gasteiger partial charge in [0.05, 0.1) is 0 Å². The number of aromatic hydroxyl groups is 1. The Labute approximate surface area is 103 Å². The summed E-state index contributed by atoms with van der Waals surface area (Å²) in [5.41, 5.74) is 1.27. The first kappa shape index (κ1) is 12.4. The Morgan fingerprint density at radius 1 is 1.29 bits per heavy atom. The summed E-state index contributed by atoms with van der Waals surface area (Å²) in [6.45, 7) is 7.69. The Kier molecular flexibility index (Phi) is 4.02. The highest BCUT2D eigenvalue weighted by atomic mass is 16.3. The standard InChI is InChI=1S/C14H22N2O/c1-11-9-16(12(2)7-8-15-11)10-13-3-5-14(17)6-4-13/h3-6,11-12,15,17H,7-10H2,1-2H3. The molecule has 0 saturated carbocycles. The maximum absolute atomic E-state index is 9.28. The van der Waals surface area contributed by atoms with Gasteiger partial charge in [0.1, 0.15) is 5.75 Å². The Balaban J connectivity index is 2.02. The molecule has 2 unspecified atom stereocenters. The molecule has 0 aliphatic carbocycles. The molecule has 3 nitrogen and oxygen atoms in total. The molecule has 1 saturated heterocycles. The second-order valence-electron chi connectivity index (χ2n) is 5.09. The zero-order valence-corrected chi connectivity index (χ0v) is 10.7. The van der Waals surface area contributed by atoms with Gasteiger partial charge in [0.25, 0.3) is 0 Å². The maximum Gasteiger partial charge on any atom is 0.115 e. The van der Waals surface area contributed by atoms with Crippen LogP contribution in [0.3, 0.4) is 0 Å². The first-order chi connectivity index (χ1) is 8.15. The highest BCUT2D eigenvalue weighted by Crippen LogP contribution is 2.16. The number of rotatable bonds is 2. The second-order valence-corrected chi connectivity index (χ2v) is 5.09. The number of phenols is 1. The van der Waals surface area contributed by atoms with Gasteiger partial charge in [-0.1, -0.05) is 12.1 Å². The van der Waals surface area contributed by atoms with Crippen LogP contribution in [0.25, 0.3) is 0 Å². The molecule has 1 aliphatic heterocycles. The quantitative estimate of drug-likeness (QED) is 0.821. The largest absolute Gasteiger partial charge is 0.508 e. The van der Waals surface area contributed by atoms with E-state index in [4.69, 9.17) is 0 Å². The highest BCUT2D eigenvalue weighted by molar-refractivity contribution is 5.25. The topological polar surface area (TPSA) is 35.5 Å². The summed E-state index contributed by atoms with van der Waals surface area (Å²) >= 11 is 0. The molecule has 1 aromatic rings. The summed E-state index contributed by atoms with van der Waals surface area (Å²) in [4.78, 5) is 2.51. The van der Waals surface area contributed by atoms with Gasteiger partial charge in [-0.2, -0.15) is 0 Å². The molecule has 0 spiro atoms. The average molecular weight is 234 g/mol. The van der Waals surface area contributed by atoms with E-state index in [0.29, 0.717) is 17.8 Å². The Morgan fingerprint density at radius 2 is 2.00 bits per heavy atom. The van der Waals surface area contributed by atoms with Crippen molar-refractivity contribution in [2.45, 2.75) is 38.9 Å². The molecular weight excluding hydrogens is 212 g/mol. The molecule has 2 rings (SSSR count). The number of hydrogen-bond donors (Lipinski definition) is 2. The van der Waals surface area contributed by atoms with Gasteiger partial charge < -0.3 is 10.4 Å². The van der Waals surface area contributed by atoms with Gasteiger partial charge >= 0.3 is 0 Å². The van der Waals surface area contributed by atoms with Crippen molar-refractivity contribution in [1.82, 2.24) is 10.2 Å². The lowest BCUT2D eigenvalue weighted by atomic mass is 10.1. The average Bonchev–Trinajstić information content (AvgIpc) is 2.45. The monoisotopic (exact) mass is 234 g/mol. The van der Waals surface area contributed by atoms with E-state index in [1.54, 1.807) is 12.1 Å². The van der Waals surface area contributed by atoms with Gasteiger partial charge in [-0.3, -0.25) is 4.90 Å². The van der Waals surface area contributed by atoms with Gasteiger partial charge in [0, 0.05) is 25.2 Å². The minimum absolute atomic E-state index is 0.340. The molecule has 0 bridgehead atoms. The van der Waals surface area contributed by atoms with Crippen molar-refractivity contribution < 1.29 is 5.11 Å². The van der Waals surface area contributed by atoms with Crippen LogP contribution in [0.5, 0.6) is 5.75 Å². The van der Waals surface area contributed by atoms with Gasteiger partial charge in [0.15, 0.2) is 0 Å². The third kappa shape index (κ3) is 3.45. The summed E-state index contributed by atoms with van der Waals surface area (Å²) in [5.74, 6) is 0.340. The predicted octanol–water partition coefficient (Wildman–Crippen LogP) is 1.96. The fourth-order valence-corrected chi connectivity index (χ4v) is 2.37. The fraction of sp³-hybridized carbons (Fsp3) is 0.571. The molecule has 0 amide bonds. The normalized spacial score (nSPS) is 26.7. The first-order valence-electron chi connectivity index (χ1n) is 6.40. The van der Waals surface area contributed by atoms with E-state index in [0.717, 1.165) is 19.6 Å². The Morgan fingerprint density at radius 3 is 2.71 bits per heavy atom. The number of nitrogens with zero attached hydrogens (tertiary/aromatic N) is 1. The van der Waals surface area contributed by atoms with Crippen molar-refractivity contribution >= 4 is 0 Å². The number of hydrogen-bond acceptors (Lipinski definition) is 3. The van der Waals surface area contributed by atoms with Gasteiger partial charge in [0.2, 0.25) is 0 Å². The van der Waals surface area contributed by atoms with E-state index in [-0.39, 0.29) is 0 Å². The van der Waals surface area contributed by atoms with E-state index < -0.39 is 0 Å². The zero-order valence-electron chi connectivity index (χ0n) is 10.7. The number of benzene rings is 1. The van der Waals surface area contributed by atoms with Crippen LogP contribution < -0.4 is 5.32 Å². The van der Waals surface area contributed by atoms with Crippen molar-refractivity contribution in [2.24, 2.45) is 0 Å². The summed E-state index contributed by atoms with van der Waals surface area (Å²) in [5, 5.41) is 12.8. The summed E-state index contributed by atoms with van der Waals surface area (Å²) in [6.07, 6.45) is 1.20. The van der Waals surface area contributed by atoms with Gasteiger partial charge in [-0.25, -0.2) is 0 Å². The molecule has 17 heavy (non-hydrogen) atoms. The van der Waals surface area contributed by atoms with Crippen LogP contribution in [0.4, 0.5) is 0 Å². The summed E-state index contributed by atoms with van der Waals surface area (Å²) < 4.78 is 0. The maximum atomic E-state index is 9.28. The number of nitrogens with one attached hydrogen (secondary N) is 1. The molecule has 3 heteroatoms. The van der Waals surface area contributed by atoms with Crippen LogP contribution in [-0.2, 0) is 6.54 Å². The van der Waals surface area contributed by atoms with Crippen molar-refractivity contribution in [1.29, 1.82) is 0 Å². The van der Waals surface area contributed by atoms with Crippen LogP contribution >= 0.6 is 0 Å². The van der Waals surface area contributed by atoms with Gasteiger partial charge in [-0.05, 0) is 44.5 Å². The SMILES string of the molecule is CC1CN(Cc2ccc(O)cc2)C(C)CCN1.